The molecule has 0 atom stereocenters. The molecule has 2 saturated carbocycles. The zero-order valence-corrected chi connectivity index (χ0v) is 17.3. The molecule has 0 saturated heterocycles. The van der Waals surface area contributed by atoms with Crippen molar-refractivity contribution in [2.24, 2.45) is 0 Å². The smallest absolute Gasteiger partial charge is 0.315 e. The van der Waals surface area contributed by atoms with Crippen molar-refractivity contribution in [3.05, 3.63) is 18.2 Å². The summed E-state index contributed by atoms with van der Waals surface area (Å²) in [6.07, 6.45) is 10.6. The number of nitrogens with one attached hydrogen (secondary N) is 3. The number of carbonyl (C=O) groups excluding carboxylic acids is 2. The third-order valence-electron chi connectivity index (χ3n) is 5.62. The number of hydrogen-bond acceptors (Lipinski definition) is 4. The molecule has 0 heterocycles. The molecule has 2 aliphatic rings. The van der Waals surface area contributed by atoms with Crippen LogP contribution < -0.4 is 25.4 Å². The van der Waals surface area contributed by atoms with Crippen LogP contribution in [-0.2, 0) is 4.79 Å². The minimum atomic E-state index is -0.193. The van der Waals surface area contributed by atoms with E-state index < -0.39 is 0 Å². The highest BCUT2D eigenvalue weighted by atomic mass is 16.5. The second-order valence-electron chi connectivity index (χ2n) is 7.92. The number of amides is 3. The van der Waals surface area contributed by atoms with Gasteiger partial charge in [0.25, 0.3) is 0 Å². The molecule has 160 valence electrons. The number of hydrogen-bond donors (Lipinski definition) is 3. The summed E-state index contributed by atoms with van der Waals surface area (Å²) in [5.41, 5.74) is 0.662. The Kier molecular flexibility index (Phi) is 8.02. The first-order valence-electron chi connectivity index (χ1n) is 10.8. The quantitative estimate of drug-likeness (QED) is 0.613. The minimum Gasteiger partial charge on any atom is -0.493 e. The lowest BCUT2D eigenvalue weighted by atomic mass is 9.96. The Hall–Kier alpha value is -2.44. The molecule has 3 amide bonds. The first-order chi connectivity index (χ1) is 14.1. The lowest BCUT2D eigenvalue weighted by Gasteiger charge is -2.22. The van der Waals surface area contributed by atoms with Crippen LogP contribution in [0.3, 0.4) is 0 Å². The average molecular weight is 404 g/mol. The van der Waals surface area contributed by atoms with Gasteiger partial charge in [0.1, 0.15) is 0 Å². The van der Waals surface area contributed by atoms with Crippen molar-refractivity contribution in [2.45, 2.75) is 76.4 Å². The fourth-order valence-corrected chi connectivity index (χ4v) is 4.03. The standard InChI is InChI=1S/C22H33N3O4/c1-28-19-12-11-17(15-20(19)29-18-9-5-6-10-18)24-21(26)13-14-23-22(27)25-16-7-3-2-4-8-16/h11-12,15-16,18H,2-10,13-14H2,1H3,(H,24,26)(H2,23,25,27). The minimum absolute atomic E-state index is 0.153. The molecule has 0 aliphatic heterocycles. The third-order valence-corrected chi connectivity index (χ3v) is 5.62. The molecule has 2 fully saturated rings. The summed E-state index contributed by atoms with van der Waals surface area (Å²) in [5.74, 6) is 1.16. The van der Waals surface area contributed by atoms with E-state index >= 15 is 0 Å². The van der Waals surface area contributed by atoms with Crippen LogP contribution in [0.5, 0.6) is 11.5 Å². The molecule has 3 rings (SSSR count). The molecular formula is C22H33N3O4. The van der Waals surface area contributed by atoms with Crippen LogP contribution >= 0.6 is 0 Å². The van der Waals surface area contributed by atoms with Gasteiger partial charge in [0.05, 0.1) is 13.2 Å². The van der Waals surface area contributed by atoms with Crippen molar-refractivity contribution in [3.63, 3.8) is 0 Å². The summed E-state index contributed by atoms with van der Waals surface area (Å²) in [6, 6.07) is 5.46. The molecule has 7 heteroatoms. The third kappa shape index (κ3) is 6.84. The van der Waals surface area contributed by atoms with E-state index in [0.717, 1.165) is 25.7 Å². The molecule has 1 aromatic carbocycles. The van der Waals surface area contributed by atoms with Gasteiger partial charge in [-0.1, -0.05) is 19.3 Å². The van der Waals surface area contributed by atoms with Gasteiger partial charge in [-0.25, -0.2) is 4.79 Å². The van der Waals surface area contributed by atoms with Crippen LogP contribution in [0, 0.1) is 0 Å². The molecule has 0 unspecified atom stereocenters. The Labute approximate surface area is 172 Å². The zero-order chi connectivity index (χ0) is 20.5. The first kappa shape index (κ1) is 21.3. The Morgan fingerprint density at radius 2 is 1.72 bits per heavy atom. The molecule has 0 radical (unpaired) electrons. The topological polar surface area (TPSA) is 88.7 Å². The number of carbonyl (C=O) groups is 2. The number of urea groups is 1. The van der Waals surface area contributed by atoms with Crippen molar-refractivity contribution < 1.29 is 19.1 Å². The van der Waals surface area contributed by atoms with Crippen LogP contribution in [-0.4, -0.2) is 37.7 Å². The molecule has 0 bridgehead atoms. The number of rotatable bonds is 8. The van der Waals surface area contributed by atoms with Crippen LogP contribution in [0.4, 0.5) is 10.5 Å². The van der Waals surface area contributed by atoms with Gasteiger partial charge in [0.2, 0.25) is 5.91 Å². The van der Waals surface area contributed by atoms with E-state index in [1.165, 1.54) is 32.1 Å². The second-order valence-corrected chi connectivity index (χ2v) is 7.92. The first-order valence-corrected chi connectivity index (χ1v) is 10.8. The number of ether oxygens (including phenoxy) is 2. The van der Waals surface area contributed by atoms with Gasteiger partial charge in [-0.2, -0.15) is 0 Å². The summed E-state index contributed by atoms with van der Waals surface area (Å²) < 4.78 is 11.4. The summed E-state index contributed by atoms with van der Waals surface area (Å²) in [4.78, 5) is 24.2. The van der Waals surface area contributed by atoms with Gasteiger partial charge in [-0.15, -0.1) is 0 Å². The summed E-state index contributed by atoms with van der Waals surface area (Å²) in [7, 11) is 1.61. The lowest BCUT2D eigenvalue weighted by molar-refractivity contribution is -0.116. The van der Waals surface area contributed by atoms with E-state index in [9.17, 15) is 9.59 Å². The van der Waals surface area contributed by atoms with Crippen molar-refractivity contribution in [2.75, 3.05) is 19.0 Å². The Morgan fingerprint density at radius 1 is 1.00 bits per heavy atom. The van der Waals surface area contributed by atoms with Crippen LogP contribution in [0.2, 0.25) is 0 Å². The normalized spacial score (nSPS) is 17.6. The van der Waals surface area contributed by atoms with Crippen LogP contribution in [0.25, 0.3) is 0 Å². The van der Waals surface area contributed by atoms with E-state index in [0.29, 0.717) is 23.7 Å². The number of anilines is 1. The molecule has 0 spiro atoms. The van der Waals surface area contributed by atoms with Gasteiger partial charge >= 0.3 is 6.03 Å². The average Bonchev–Trinajstić information content (AvgIpc) is 3.22. The predicted molar refractivity (Wildman–Crippen MR) is 113 cm³/mol. The predicted octanol–water partition coefficient (Wildman–Crippen LogP) is 3.98. The van der Waals surface area contributed by atoms with Crippen molar-refractivity contribution in [3.8, 4) is 11.5 Å². The molecule has 3 N–H and O–H groups in total. The Bertz CT molecular complexity index is 683. The molecular weight excluding hydrogens is 370 g/mol. The second kappa shape index (κ2) is 10.9. The maximum atomic E-state index is 12.2. The molecule has 29 heavy (non-hydrogen) atoms. The van der Waals surface area contributed by atoms with E-state index in [-0.39, 0.29) is 30.5 Å². The summed E-state index contributed by atoms with van der Waals surface area (Å²) >= 11 is 0. The maximum absolute atomic E-state index is 12.2. The highest BCUT2D eigenvalue weighted by Gasteiger charge is 2.19. The van der Waals surface area contributed by atoms with E-state index in [4.69, 9.17) is 9.47 Å². The zero-order valence-electron chi connectivity index (χ0n) is 17.3. The molecule has 0 aromatic heterocycles. The van der Waals surface area contributed by atoms with Crippen molar-refractivity contribution in [1.29, 1.82) is 0 Å². The van der Waals surface area contributed by atoms with Gasteiger partial charge < -0.3 is 25.4 Å². The number of benzene rings is 1. The van der Waals surface area contributed by atoms with E-state index in [1.807, 2.05) is 0 Å². The summed E-state index contributed by atoms with van der Waals surface area (Å²) in [5, 5.41) is 8.62. The molecule has 7 nitrogen and oxygen atoms in total. The largest absolute Gasteiger partial charge is 0.493 e. The highest BCUT2D eigenvalue weighted by Crippen LogP contribution is 2.33. The van der Waals surface area contributed by atoms with Crippen molar-refractivity contribution >= 4 is 17.6 Å². The van der Waals surface area contributed by atoms with Crippen LogP contribution in [0.1, 0.15) is 64.2 Å². The maximum Gasteiger partial charge on any atom is 0.315 e. The Morgan fingerprint density at radius 3 is 2.45 bits per heavy atom. The monoisotopic (exact) mass is 403 g/mol. The van der Waals surface area contributed by atoms with Gasteiger partial charge in [-0.3, -0.25) is 4.79 Å². The molecule has 2 aliphatic carbocycles. The fourth-order valence-electron chi connectivity index (χ4n) is 4.03. The number of methoxy groups -OCH3 is 1. The fraction of sp³-hybridized carbons (Fsp3) is 0.636. The lowest BCUT2D eigenvalue weighted by Crippen LogP contribution is -2.43. The van der Waals surface area contributed by atoms with Gasteiger partial charge in [0.15, 0.2) is 11.5 Å². The van der Waals surface area contributed by atoms with E-state index in [1.54, 1.807) is 25.3 Å². The van der Waals surface area contributed by atoms with Crippen LogP contribution in [0.15, 0.2) is 18.2 Å². The highest BCUT2D eigenvalue weighted by molar-refractivity contribution is 5.91. The summed E-state index contributed by atoms with van der Waals surface area (Å²) in [6.45, 7) is 0.298. The van der Waals surface area contributed by atoms with Gasteiger partial charge in [-0.05, 0) is 50.7 Å². The molecule has 1 aromatic rings. The van der Waals surface area contributed by atoms with Gasteiger partial charge in [0, 0.05) is 30.8 Å². The SMILES string of the molecule is COc1ccc(NC(=O)CCNC(=O)NC2CCCCC2)cc1OC1CCCC1. The Balaban J connectivity index is 1.42. The van der Waals surface area contributed by atoms with E-state index in [2.05, 4.69) is 16.0 Å². The van der Waals surface area contributed by atoms with Crippen molar-refractivity contribution in [1.82, 2.24) is 10.6 Å².